The van der Waals surface area contributed by atoms with E-state index in [0.717, 1.165) is 39.1 Å². The fourth-order valence-corrected chi connectivity index (χ4v) is 3.08. The Kier molecular flexibility index (Phi) is 10.2. The van der Waals surface area contributed by atoms with Crippen molar-refractivity contribution in [2.24, 2.45) is 0 Å². The molecule has 1 aliphatic heterocycles. The maximum Gasteiger partial charge on any atom is 0.306 e. The van der Waals surface area contributed by atoms with E-state index >= 15 is 0 Å². The number of piperazine rings is 1. The van der Waals surface area contributed by atoms with E-state index in [1.807, 2.05) is 18.7 Å². The Labute approximate surface area is 157 Å². The molecule has 0 radical (unpaired) electrons. The van der Waals surface area contributed by atoms with Gasteiger partial charge in [0.2, 0.25) is 11.8 Å². The van der Waals surface area contributed by atoms with Crippen molar-refractivity contribution in [2.75, 3.05) is 45.9 Å². The predicted molar refractivity (Wildman–Crippen MR) is 101 cm³/mol. The SMILES string of the molecule is CCOC(=O)CCC(=O)N(CCC(=O)N1CCN(CC)CC1)C(C)CC. The summed E-state index contributed by atoms with van der Waals surface area (Å²) in [6, 6.07) is 0.0504. The summed E-state index contributed by atoms with van der Waals surface area (Å²) in [6.45, 7) is 12.9. The number of hydrogen-bond donors (Lipinski definition) is 0. The molecular weight excluding hydrogens is 334 g/mol. The molecule has 0 aromatic carbocycles. The number of ether oxygens (including phenoxy) is 1. The number of nitrogens with zero attached hydrogens (tertiary/aromatic N) is 3. The molecule has 0 aromatic rings. The maximum atomic E-state index is 12.5. The molecule has 0 saturated carbocycles. The summed E-state index contributed by atoms with van der Waals surface area (Å²) in [5.74, 6) is -0.335. The largest absolute Gasteiger partial charge is 0.466 e. The molecule has 1 rings (SSSR count). The van der Waals surface area contributed by atoms with Crippen LogP contribution >= 0.6 is 0 Å². The second-order valence-electron chi connectivity index (χ2n) is 6.71. The van der Waals surface area contributed by atoms with Crippen molar-refractivity contribution in [1.29, 1.82) is 0 Å². The van der Waals surface area contributed by atoms with E-state index in [0.29, 0.717) is 19.6 Å². The molecular formula is C19H35N3O4. The van der Waals surface area contributed by atoms with Crippen molar-refractivity contribution in [3.05, 3.63) is 0 Å². The van der Waals surface area contributed by atoms with E-state index in [9.17, 15) is 14.4 Å². The van der Waals surface area contributed by atoms with Gasteiger partial charge in [-0.2, -0.15) is 0 Å². The van der Waals surface area contributed by atoms with Gasteiger partial charge in [-0.05, 0) is 26.8 Å². The van der Waals surface area contributed by atoms with Gasteiger partial charge in [-0.1, -0.05) is 13.8 Å². The third-order valence-corrected chi connectivity index (χ3v) is 5.03. The molecule has 0 bridgehead atoms. The van der Waals surface area contributed by atoms with Crippen molar-refractivity contribution < 1.29 is 19.1 Å². The lowest BCUT2D eigenvalue weighted by atomic mass is 10.1. The first-order chi connectivity index (χ1) is 12.4. The highest BCUT2D eigenvalue weighted by Gasteiger charge is 2.24. The van der Waals surface area contributed by atoms with E-state index in [4.69, 9.17) is 4.74 Å². The Hall–Kier alpha value is -1.63. The molecule has 1 aliphatic rings. The van der Waals surface area contributed by atoms with Crippen LogP contribution in [0.1, 0.15) is 53.4 Å². The normalized spacial score (nSPS) is 16.2. The molecule has 26 heavy (non-hydrogen) atoms. The fourth-order valence-electron chi connectivity index (χ4n) is 3.08. The number of rotatable bonds is 10. The molecule has 0 aromatic heterocycles. The van der Waals surface area contributed by atoms with Crippen molar-refractivity contribution >= 4 is 17.8 Å². The van der Waals surface area contributed by atoms with Gasteiger partial charge in [0.25, 0.3) is 0 Å². The summed E-state index contributed by atoms with van der Waals surface area (Å²) >= 11 is 0. The Bertz CT molecular complexity index is 462. The first-order valence-corrected chi connectivity index (χ1v) is 9.88. The van der Waals surface area contributed by atoms with Crippen molar-refractivity contribution in [2.45, 2.75) is 59.4 Å². The smallest absolute Gasteiger partial charge is 0.306 e. The van der Waals surface area contributed by atoms with Crippen LogP contribution in [-0.2, 0) is 19.1 Å². The molecule has 0 spiro atoms. The Morgan fingerprint density at radius 2 is 1.65 bits per heavy atom. The second kappa shape index (κ2) is 11.9. The van der Waals surface area contributed by atoms with Crippen LogP contribution < -0.4 is 0 Å². The van der Waals surface area contributed by atoms with Gasteiger partial charge in [0.05, 0.1) is 13.0 Å². The summed E-state index contributed by atoms with van der Waals surface area (Å²) < 4.78 is 4.88. The van der Waals surface area contributed by atoms with Gasteiger partial charge in [0.1, 0.15) is 0 Å². The summed E-state index contributed by atoms with van der Waals surface area (Å²) in [5, 5.41) is 0. The molecule has 2 amide bonds. The average molecular weight is 370 g/mol. The van der Waals surface area contributed by atoms with E-state index in [1.54, 1.807) is 11.8 Å². The highest BCUT2D eigenvalue weighted by molar-refractivity contribution is 5.82. The monoisotopic (exact) mass is 369 g/mol. The lowest BCUT2D eigenvalue weighted by Crippen LogP contribution is -2.49. The molecule has 0 N–H and O–H groups in total. The van der Waals surface area contributed by atoms with Gasteiger partial charge >= 0.3 is 5.97 Å². The minimum Gasteiger partial charge on any atom is -0.466 e. The second-order valence-corrected chi connectivity index (χ2v) is 6.71. The number of likely N-dealkylation sites (N-methyl/N-ethyl adjacent to an activating group) is 1. The van der Waals surface area contributed by atoms with Crippen LogP contribution in [-0.4, -0.2) is 84.4 Å². The molecule has 1 unspecified atom stereocenters. The van der Waals surface area contributed by atoms with Gasteiger partial charge in [-0.25, -0.2) is 0 Å². The third kappa shape index (κ3) is 7.32. The third-order valence-electron chi connectivity index (χ3n) is 5.03. The van der Waals surface area contributed by atoms with Crippen LogP contribution in [0.4, 0.5) is 0 Å². The first kappa shape index (κ1) is 22.4. The van der Waals surface area contributed by atoms with Crippen LogP contribution in [0.2, 0.25) is 0 Å². The summed E-state index contributed by atoms with van der Waals surface area (Å²) in [5.41, 5.74) is 0. The molecule has 1 heterocycles. The summed E-state index contributed by atoms with van der Waals surface area (Å²) in [4.78, 5) is 42.4. The van der Waals surface area contributed by atoms with Crippen molar-refractivity contribution in [1.82, 2.24) is 14.7 Å². The number of hydrogen-bond acceptors (Lipinski definition) is 5. The number of carbonyl (C=O) groups is 3. The van der Waals surface area contributed by atoms with E-state index in [1.165, 1.54) is 0 Å². The van der Waals surface area contributed by atoms with Crippen LogP contribution in [0, 0.1) is 0 Å². The minimum atomic E-state index is -0.352. The zero-order valence-electron chi connectivity index (χ0n) is 16.8. The Morgan fingerprint density at radius 1 is 1.00 bits per heavy atom. The first-order valence-electron chi connectivity index (χ1n) is 9.88. The van der Waals surface area contributed by atoms with Crippen LogP contribution in [0.5, 0.6) is 0 Å². The zero-order valence-corrected chi connectivity index (χ0v) is 16.8. The molecule has 7 nitrogen and oxygen atoms in total. The summed E-state index contributed by atoms with van der Waals surface area (Å²) in [7, 11) is 0. The number of carbonyl (C=O) groups excluding carboxylic acids is 3. The van der Waals surface area contributed by atoms with E-state index in [2.05, 4.69) is 11.8 Å². The van der Waals surface area contributed by atoms with Gasteiger partial charge in [0.15, 0.2) is 0 Å². The molecule has 150 valence electrons. The molecule has 0 aliphatic carbocycles. The Morgan fingerprint density at radius 3 is 2.19 bits per heavy atom. The van der Waals surface area contributed by atoms with Gasteiger partial charge in [-0.3, -0.25) is 14.4 Å². The Balaban J connectivity index is 2.50. The lowest BCUT2D eigenvalue weighted by Gasteiger charge is -2.35. The highest BCUT2D eigenvalue weighted by atomic mass is 16.5. The zero-order chi connectivity index (χ0) is 19.5. The van der Waals surface area contributed by atoms with Crippen LogP contribution in [0.25, 0.3) is 0 Å². The van der Waals surface area contributed by atoms with Crippen molar-refractivity contribution in [3.63, 3.8) is 0 Å². The van der Waals surface area contributed by atoms with Gasteiger partial charge < -0.3 is 19.4 Å². The number of amides is 2. The van der Waals surface area contributed by atoms with Crippen molar-refractivity contribution in [3.8, 4) is 0 Å². The standard InChI is InChI=1S/C19H35N3O4/c1-5-16(4)22(18(24)8-9-19(25)26-7-3)11-10-17(23)21-14-12-20(6-2)13-15-21/h16H,5-15H2,1-4H3. The molecule has 1 fully saturated rings. The summed E-state index contributed by atoms with van der Waals surface area (Å²) in [6.07, 6.45) is 1.37. The predicted octanol–water partition coefficient (Wildman–Crippen LogP) is 1.51. The van der Waals surface area contributed by atoms with Crippen LogP contribution in [0.3, 0.4) is 0 Å². The lowest BCUT2D eigenvalue weighted by molar-refractivity contribution is -0.146. The van der Waals surface area contributed by atoms with E-state index < -0.39 is 0 Å². The van der Waals surface area contributed by atoms with E-state index in [-0.39, 0.29) is 36.7 Å². The topological polar surface area (TPSA) is 70.2 Å². The molecule has 7 heteroatoms. The van der Waals surface area contributed by atoms with Gasteiger partial charge in [0, 0.05) is 51.6 Å². The highest BCUT2D eigenvalue weighted by Crippen LogP contribution is 2.11. The molecule has 1 atom stereocenters. The fraction of sp³-hybridized carbons (Fsp3) is 0.842. The van der Waals surface area contributed by atoms with Gasteiger partial charge in [-0.15, -0.1) is 0 Å². The number of esters is 1. The van der Waals surface area contributed by atoms with Crippen LogP contribution in [0.15, 0.2) is 0 Å². The quantitative estimate of drug-likeness (QED) is 0.546. The minimum absolute atomic E-state index is 0.0504. The maximum absolute atomic E-state index is 12.5. The average Bonchev–Trinajstić information content (AvgIpc) is 2.66. The molecule has 1 saturated heterocycles.